The van der Waals surface area contributed by atoms with E-state index in [1.165, 1.54) is 11.8 Å². The van der Waals surface area contributed by atoms with Crippen molar-refractivity contribution >= 4 is 17.7 Å². The first-order valence-corrected chi connectivity index (χ1v) is 5.45. The van der Waals surface area contributed by atoms with E-state index < -0.39 is 0 Å². The molecule has 4 nitrogen and oxygen atoms in total. The number of carbonyl (C=O) groups is 1. The standard InChI is InChI=1S/C10H14N2O2S/c1-7(6-10(14)12-11)15-9-5-3-2-4-8(9)13/h2-5,7,13H,6,11H2,1H3,(H,12,14). The second-order valence-corrected chi connectivity index (χ2v) is 4.65. The molecule has 82 valence electrons. The van der Waals surface area contributed by atoms with Crippen LogP contribution in [-0.4, -0.2) is 16.3 Å². The number of carbonyl (C=O) groups excluding carboxylic acids is 1. The molecule has 0 saturated carbocycles. The van der Waals surface area contributed by atoms with Gasteiger partial charge in [0.1, 0.15) is 5.75 Å². The van der Waals surface area contributed by atoms with Crippen LogP contribution in [0.25, 0.3) is 0 Å². The van der Waals surface area contributed by atoms with E-state index >= 15 is 0 Å². The van der Waals surface area contributed by atoms with Crippen molar-refractivity contribution in [3.63, 3.8) is 0 Å². The molecule has 0 aliphatic heterocycles. The lowest BCUT2D eigenvalue weighted by molar-refractivity contribution is -0.121. The number of thioether (sulfide) groups is 1. The molecule has 1 aromatic carbocycles. The van der Waals surface area contributed by atoms with Crippen LogP contribution in [0.5, 0.6) is 5.75 Å². The Kier molecular flexibility index (Phi) is 4.45. The predicted octanol–water partition coefficient (Wildman–Crippen LogP) is 1.25. The molecule has 1 rings (SSSR count). The van der Waals surface area contributed by atoms with Gasteiger partial charge in [0.05, 0.1) is 0 Å². The average Bonchev–Trinajstić information content (AvgIpc) is 2.21. The lowest BCUT2D eigenvalue weighted by atomic mass is 10.3. The SMILES string of the molecule is CC(CC(=O)NN)Sc1ccccc1O. The summed E-state index contributed by atoms with van der Waals surface area (Å²) in [4.78, 5) is 11.8. The molecule has 15 heavy (non-hydrogen) atoms. The molecular formula is C10H14N2O2S. The largest absolute Gasteiger partial charge is 0.507 e. The number of nitrogens with two attached hydrogens (primary N) is 1. The van der Waals surface area contributed by atoms with Crippen LogP contribution in [0.2, 0.25) is 0 Å². The van der Waals surface area contributed by atoms with Gasteiger partial charge < -0.3 is 5.11 Å². The Morgan fingerprint density at radius 1 is 1.60 bits per heavy atom. The van der Waals surface area contributed by atoms with Crippen molar-refractivity contribution in [3.8, 4) is 5.75 Å². The number of hydrazine groups is 1. The molecule has 0 saturated heterocycles. The van der Waals surface area contributed by atoms with E-state index in [-0.39, 0.29) is 16.9 Å². The maximum atomic E-state index is 11.0. The molecule has 0 aliphatic carbocycles. The molecule has 1 amide bonds. The third kappa shape index (κ3) is 3.81. The zero-order valence-corrected chi connectivity index (χ0v) is 9.25. The number of amides is 1. The summed E-state index contributed by atoms with van der Waals surface area (Å²) in [5.41, 5.74) is 2.08. The summed E-state index contributed by atoms with van der Waals surface area (Å²) >= 11 is 1.45. The van der Waals surface area contributed by atoms with E-state index in [1.807, 2.05) is 19.1 Å². The second kappa shape index (κ2) is 5.63. The van der Waals surface area contributed by atoms with Crippen LogP contribution >= 0.6 is 11.8 Å². The van der Waals surface area contributed by atoms with Crippen LogP contribution in [0.1, 0.15) is 13.3 Å². The Labute approximate surface area is 92.8 Å². The van der Waals surface area contributed by atoms with Crippen LogP contribution in [0, 0.1) is 0 Å². The maximum Gasteiger partial charge on any atom is 0.234 e. The van der Waals surface area contributed by atoms with Crippen LogP contribution in [-0.2, 0) is 4.79 Å². The normalized spacial score (nSPS) is 12.1. The quantitative estimate of drug-likeness (QED) is 0.312. The van der Waals surface area contributed by atoms with Crippen LogP contribution in [0.4, 0.5) is 0 Å². The second-order valence-electron chi connectivity index (χ2n) is 3.17. The van der Waals surface area contributed by atoms with Crippen molar-refractivity contribution in [3.05, 3.63) is 24.3 Å². The highest BCUT2D eigenvalue weighted by Crippen LogP contribution is 2.31. The van der Waals surface area contributed by atoms with E-state index in [9.17, 15) is 9.90 Å². The molecule has 0 heterocycles. The maximum absolute atomic E-state index is 11.0. The minimum atomic E-state index is -0.203. The summed E-state index contributed by atoms with van der Waals surface area (Å²) in [6.07, 6.45) is 0.329. The molecule has 0 fully saturated rings. The van der Waals surface area contributed by atoms with E-state index in [1.54, 1.807) is 12.1 Å². The fourth-order valence-corrected chi connectivity index (χ4v) is 2.15. The van der Waals surface area contributed by atoms with Crippen LogP contribution < -0.4 is 11.3 Å². The Hall–Kier alpha value is -1.20. The van der Waals surface area contributed by atoms with Crippen molar-refractivity contribution in [1.29, 1.82) is 0 Å². The van der Waals surface area contributed by atoms with Gasteiger partial charge in [-0.25, -0.2) is 5.84 Å². The van der Waals surface area contributed by atoms with E-state index in [0.29, 0.717) is 6.42 Å². The van der Waals surface area contributed by atoms with E-state index in [2.05, 4.69) is 5.43 Å². The van der Waals surface area contributed by atoms with Crippen molar-refractivity contribution < 1.29 is 9.90 Å². The van der Waals surface area contributed by atoms with Gasteiger partial charge in [-0.1, -0.05) is 19.1 Å². The first kappa shape index (κ1) is 11.9. The molecule has 0 bridgehead atoms. The number of phenols is 1. The van der Waals surface area contributed by atoms with Gasteiger partial charge in [-0.05, 0) is 12.1 Å². The highest BCUT2D eigenvalue weighted by molar-refractivity contribution is 8.00. The minimum absolute atomic E-state index is 0.0712. The fraction of sp³-hybridized carbons (Fsp3) is 0.300. The van der Waals surface area contributed by atoms with Crippen molar-refractivity contribution in [2.45, 2.75) is 23.5 Å². The number of rotatable bonds is 4. The summed E-state index contributed by atoms with van der Waals surface area (Å²) in [5.74, 6) is 5.02. The number of nitrogens with one attached hydrogen (secondary N) is 1. The Bertz CT molecular complexity index is 344. The minimum Gasteiger partial charge on any atom is -0.507 e. The van der Waals surface area contributed by atoms with Gasteiger partial charge in [0, 0.05) is 16.6 Å². The first-order valence-electron chi connectivity index (χ1n) is 4.57. The number of aromatic hydroxyl groups is 1. The number of phenolic OH excluding ortho intramolecular Hbond substituents is 1. The van der Waals surface area contributed by atoms with Crippen LogP contribution in [0.15, 0.2) is 29.2 Å². The fourth-order valence-electron chi connectivity index (χ4n) is 1.14. The highest BCUT2D eigenvalue weighted by Gasteiger charge is 2.11. The monoisotopic (exact) mass is 226 g/mol. The smallest absolute Gasteiger partial charge is 0.234 e. The van der Waals surface area contributed by atoms with Crippen LogP contribution in [0.3, 0.4) is 0 Å². The highest BCUT2D eigenvalue weighted by atomic mass is 32.2. The predicted molar refractivity (Wildman–Crippen MR) is 60.4 cm³/mol. The summed E-state index contributed by atoms with van der Waals surface area (Å²) in [6.45, 7) is 1.91. The van der Waals surface area contributed by atoms with Gasteiger partial charge in [-0.2, -0.15) is 0 Å². The number of benzene rings is 1. The van der Waals surface area contributed by atoms with Crippen molar-refractivity contribution in [2.75, 3.05) is 0 Å². The Morgan fingerprint density at radius 2 is 2.27 bits per heavy atom. The Balaban J connectivity index is 2.55. The topological polar surface area (TPSA) is 75.4 Å². The molecule has 1 aromatic rings. The number of hydrogen-bond donors (Lipinski definition) is 3. The number of hydrogen-bond acceptors (Lipinski definition) is 4. The molecule has 0 aliphatic rings. The number of para-hydroxylation sites is 1. The summed E-state index contributed by atoms with van der Waals surface area (Å²) in [5, 5.41) is 9.58. The molecule has 1 unspecified atom stereocenters. The van der Waals surface area contributed by atoms with Crippen molar-refractivity contribution in [1.82, 2.24) is 5.43 Å². The molecule has 4 N–H and O–H groups in total. The van der Waals surface area contributed by atoms with Gasteiger partial charge >= 0.3 is 0 Å². The molecule has 0 radical (unpaired) electrons. The Morgan fingerprint density at radius 3 is 2.87 bits per heavy atom. The van der Waals surface area contributed by atoms with E-state index in [0.717, 1.165) is 4.90 Å². The summed E-state index contributed by atoms with van der Waals surface area (Å²) in [7, 11) is 0. The zero-order chi connectivity index (χ0) is 11.3. The zero-order valence-electron chi connectivity index (χ0n) is 8.43. The third-order valence-electron chi connectivity index (χ3n) is 1.83. The van der Waals surface area contributed by atoms with Gasteiger partial charge in [0.15, 0.2) is 0 Å². The molecule has 0 spiro atoms. The molecule has 1 atom stereocenters. The molecular weight excluding hydrogens is 212 g/mol. The lowest BCUT2D eigenvalue weighted by Gasteiger charge is -2.10. The summed E-state index contributed by atoms with van der Waals surface area (Å²) in [6, 6.07) is 7.04. The molecule has 5 heteroatoms. The summed E-state index contributed by atoms with van der Waals surface area (Å²) < 4.78 is 0. The van der Waals surface area contributed by atoms with Gasteiger partial charge in [0.25, 0.3) is 0 Å². The molecule has 0 aromatic heterocycles. The van der Waals surface area contributed by atoms with Gasteiger partial charge in [0.2, 0.25) is 5.91 Å². The van der Waals surface area contributed by atoms with Crippen molar-refractivity contribution in [2.24, 2.45) is 5.84 Å². The average molecular weight is 226 g/mol. The van der Waals surface area contributed by atoms with Gasteiger partial charge in [-0.3, -0.25) is 10.2 Å². The van der Waals surface area contributed by atoms with E-state index in [4.69, 9.17) is 5.84 Å². The van der Waals surface area contributed by atoms with Gasteiger partial charge in [-0.15, -0.1) is 11.8 Å². The third-order valence-corrected chi connectivity index (χ3v) is 3.00. The first-order chi connectivity index (χ1) is 7.13. The lowest BCUT2D eigenvalue weighted by Crippen LogP contribution is -2.31.